The van der Waals surface area contributed by atoms with Crippen LogP contribution in [0.15, 0.2) is 5.38 Å². The average Bonchev–Trinajstić information content (AvgIpc) is 2.84. The molecule has 5 heteroatoms. The van der Waals surface area contributed by atoms with Crippen LogP contribution in [0.2, 0.25) is 0 Å². The molecule has 1 saturated heterocycles. The Labute approximate surface area is 100 Å². The van der Waals surface area contributed by atoms with Crippen LogP contribution >= 0.6 is 11.3 Å². The molecule has 0 radical (unpaired) electrons. The number of nitrogens with one attached hydrogen (secondary N) is 1. The van der Waals surface area contributed by atoms with Crippen molar-refractivity contribution in [1.82, 2.24) is 10.4 Å². The highest BCUT2D eigenvalue weighted by Gasteiger charge is 2.31. The molecule has 1 aromatic heterocycles. The predicted molar refractivity (Wildman–Crippen MR) is 65.2 cm³/mol. The third-order valence-corrected chi connectivity index (χ3v) is 3.97. The molecule has 1 aliphatic rings. The lowest BCUT2D eigenvalue weighted by molar-refractivity contribution is 0.0608. The molecule has 0 aliphatic carbocycles. The quantitative estimate of drug-likeness (QED) is 0.615. The number of nitrogens with two attached hydrogens (primary N) is 1. The number of ether oxygens (including phenoxy) is 1. The monoisotopic (exact) mass is 241 g/mol. The second kappa shape index (κ2) is 5.23. The van der Waals surface area contributed by atoms with Crippen LogP contribution in [0.5, 0.6) is 0 Å². The second-order valence-corrected chi connectivity index (χ2v) is 5.50. The van der Waals surface area contributed by atoms with E-state index < -0.39 is 0 Å². The predicted octanol–water partition coefficient (Wildman–Crippen LogP) is 1.25. The van der Waals surface area contributed by atoms with Crippen molar-refractivity contribution in [2.75, 3.05) is 6.61 Å². The minimum Gasteiger partial charge on any atom is -0.376 e. The van der Waals surface area contributed by atoms with Gasteiger partial charge in [-0.3, -0.25) is 11.3 Å². The molecule has 3 unspecified atom stereocenters. The number of hydrogen-bond donors (Lipinski definition) is 2. The number of thiazole rings is 1. The van der Waals surface area contributed by atoms with Gasteiger partial charge in [0.1, 0.15) is 0 Å². The zero-order valence-corrected chi connectivity index (χ0v) is 10.6. The van der Waals surface area contributed by atoms with Crippen molar-refractivity contribution in [1.29, 1.82) is 0 Å². The summed E-state index contributed by atoms with van der Waals surface area (Å²) in [6.45, 7) is 5.09. The van der Waals surface area contributed by atoms with Gasteiger partial charge in [0.15, 0.2) is 0 Å². The van der Waals surface area contributed by atoms with Gasteiger partial charge in [-0.25, -0.2) is 4.98 Å². The Morgan fingerprint density at radius 2 is 2.56 bits per heavy atom. The van der Waals surface area contributed by atoms with E-state index in [0.29, 0.717) is 5.92 Å². The van der Waals surface area contributed by atoms with E-state index in [1.165, 1.54) is 0 Å². The lowest BCUT2D eigenvalue weighted by Crippen LogP contribution is -2.47. The first-order chi connectivity index (χ1) is 7.70. The van der Waals surface area contributed by atoms with Gasteiger partial charge in [0.2, 0.25) is 0 Å². The van der Waals surface area contributed by atoms with Gasteiger partial charge in [0.25, 0.3) is 0 Å². The highest BCUT2D eigenvalue weighted by molar-refractivity contribution is 7.09. The zero-order chi connectivity index (χ0) is 11.5. The molecular formula is C11H19N3OS. The van der Waals surface area contributed by atoms with Crippen molar-refractivity contribution in [2.24, 2.45) is 11.8 Å². The summed E-state index contributed by atoms with van der Waals surface area (Å²) in [7, 11) is 0. The van der Waals surface area contributed by atoms with E-state index in [2.05, 4.69) is 22.7 Å². The normalized spacial score (nSPS) is 27.2. The first-order valence-electron chi connectivity index (χ1n) is 5.69. The van der Waals surface area contributed by atoms with Crippen molar-refractivity contribution in [3.8, 4) is 0 Å². The summed E-state index contributed by atoms with van der Waals surface area (Å²) in [6, 6.07) is 0.166. The third kappa shape index (κ3) is 2.60. The lowest BCUT2D eigenvalue weighted by Gasteiger charge is -2.24. The molecule has 3 N–H and O–H groups in total. The molecule has 0 bridgehead atoms. The van der Waals surface area contributed by atoms with Gasteiger partial charge in [0.05, 0.1) is 22.8 Å². The Balaban J connectivity index is 2.00. The van der Waals surface area contributed by atoms with Gasteiger partial charge >= 0.3 is 0 Å². The molecule has 1 aromatic rings. The maximum Gasteiger partial charge on any atom is 0.0897 e. The Hall–Kier alpha value is -0.490. The summed E-state index contributed by atoms with van der Waals surface area (Å²) in [6.07, 6.45) is 2.18. The highest BCUT2D eigenvalue weighted by Crippen LogP contribution is 2.24. The minimum absolute atomic E-state index is 0.166. The maximum absolute atomic E-state index is 5.73. The van der Waals surface area contributed by atoms with Crippen LogP contribution in [0.25, 0.3) is 0 Å². The summed E-state index contributed by atoms with van der Waals surface area (Å²) < 4.78 is 5.73. The van der Waals surface area contributed by atoms with Gasteiger partial charge in [-0.15, -0.1) is 11.3 Å². The smallest absolute Gasteiger partial charge is 0.0897 e. The first-order valence-corrected chi connectivity index (χ1v) is 6.57. The molecule has 4 nitrogen and oxygen atoms in total. The van der Waals surface area contributed by atoms with E-state index in [9.17, 15) is 0 Å². The molecule has 1 aliphatic heterocycles. The van der Waals surface area contributed by atoms with Crippen LogP contribution in [0.4, 0.5) is 0 Å². The van der Waals surface area contributed by atoms with Crippen molar-refractivity contribution in [3.05, 3.63) is 16.1 Å². The molecule has 0 saturated carbocycles. The molecule has 0 spiro atoms. The van der Waals surface area contributed by atoms with E-state index >= 15 is 0 Å². The van der Waals surface area contributed by atoms with Gasteiger partial charge in [0, 0.05) is 18.4 Å². The van der Waals surface area contributed by atoms with Crippen molar-refractivity contribution < 1.29 is 4.74 Å². The molecule has 90 valence electrons. The van der Waals surface area contributed by atoms with E-state index in [1.54, 1.807) is 11.3 Å². The second-order valence-electron chi connectivity index (χ2n) is 4.44. The summed E-state index contributed by atoms with van der Waals surface area (Å²) in [4.78, 5) is 4.46. The average molecular weight is 241 g/mol. The fourth-order valence-electron chi connectivity index (χ4n) is 2.23. The molecule has 16 heavy (non-hydrogen) atoms. The SMILES string of the molecule is Cc1nc(CC(NN)C2OCCC2C)cs1. The molecule has 0 amide bonds. The minimum atomic E-state index is 0.166. The van der Waals surface area contributed by atoms with Crippen LogP contribution in [-0.2, 0) is 11.2 Å². The first kappa shape index (κ1) is 12.0. The van der Waals surface area contributed by atoms with E-state index in [4.69, 9.17) is 10.6 Å². The maximum atomic E-state index is 5.73. The molecule has 0 aromatic carbocycles. The number of aromatic nitrogens is 1. The van der Waals surface area contributed by atoms with Crippen LogP contribution in [0, 0.1) is 12.8 Å². The number of aryl methyl sites for hydroxylation is 1. The van der Waals surface area contributed by atoms with E-state index in [-0.39, 0.29) is 12.1 Å². The number of hydrazine groups is 1. The van der Waals surface area contributed by atoms with E-state index in [1.807, 2.05) is 6.92 Å². The lowest BCUT2D eigenvalue weighted by atomic mass is 9.95. The van der Waals surface area contributed by atoms with Crippen LogP contribution in [-0.4, -0.2) is 23.7 Å². The number of hydrogen-bond acceptors (Lipinski definition) is 5. The van der Waals surface area contributed by atoms with E-state index in [0.717, 1.165) is 30.2 Å². The standard InChI is InChI=1S/C11H19N3OS/c1-7-3-4-15-11(7)10(14-12)5-9-6-16-8(2)13-9/h6-7,10-11,14H,3-5,12H2,1-2H3. The largest absolute Gasteiger partial charge is 0.376 e. The van der Waals surface area contributed by atoms with Gasteiger partial charge in [-0.05, 0) is 19.3 Å². The fraction of sp³-hybridized carbons (Fsp3) is 0.727. The molecule has 2 rings (SSSR count). The van der Waals surface area contributed by atoms with Crippen LogP contribution in [0.3, 0.4) is 0 Å². The molecular weight excluding hydrogens is 222 g/mol. The van der Waals surface area contributed by atoms with Crippen molar-refractivity contribution >= 4 is 11.3 Å². The summed E-state index contributed by atoms with van der Waals surface area (Å²) >= 11 is 1.68. The van der Waals surface area contributed by atoms with Crippen molar-refractivity contribution in [3.63, 3.8) is 0 Å². The fourth-order valence-corrected chi connectivity index (χ4v) is 2.85. The topological polar surface area (TPSA) is 60.2 Å². The Kier molecular flexibility index (Phi) is 3.91. The summed E-state index contributed by atoms with van der Waals surface area (Å²) in [5, 5.41) is 3.20. The Morgan fingerprint density at radius 3 is 3.06 bits per heavy atom. The third-order valence-electron chi connectivity index (χ3n) is 3.15. The summed E-state index contributed by atoms with van der Waals surface area (Å²) in [5.74, 6) is 6.19. The number of rotatable bonds is 4. The van der Waals surface area contributed by atoms with Crippen LogP contribution < -0.4 is 11.3 Å². The van der Waals surface area contributed by atoms with Gasteiger partial charge in [-0.2, -0.15) is 0 Å². The Bertz CT molecular complexity index is 342. The number of nitrogens with zero attached hydrogens (tertiary/aromatic N) is 1. The molecule has 1 fully saturated rings. The highest BCUT2D eigenvalue weighted by atomic mass is 32.1. The van der Waals surface area contributed by atoms with Crippen LogP contribution in [0.1, 0.15) is 24.0 Å². The molecule has 2 heterocycles. The van der Waals surface area contributed by atoms with Crippen molar-refractivity contribution in [2.45, 2.75) is 38.8 Å². The molecule has 3 atom stereocenters. The van der Waals surface area contributed by atoms with Gasteiger partial charge < -0.3 is 4.74 Å². The van der Waals surface area contributed by atoms with Gasteiger partial charge in [-0.1, -0.05) is 6.92 Å². The Morgan fingerprint density at radius 1 is 1.75 bits per heavy atom. The zero-order valence-electron chi connectivity index (χ0n) is 9.77. The summed E-state index contributed by atoms with van der Waals surface area (Å²) in [5.41, 5.74) is 3.98.